The van der Waals surface area contributed by atoms with Crippen LogP contribution in [0.15, 0.2) is 42.6 Å². The molecule has 1 aromatic heterocycles. The molecule has 2 aromatic rings. The van der Waals surface area contributed by atoms with Gasteiger partial charge in [0.25, 0.3) is 0 Å². The van der Waals surface area contributed by atoms with E-state index in [1.807, 2.05) is 0 Å². The number of ether oxygens (including phenoxy) is 3. The predicted octanol–water partition coefficient (Wildman–Crippen LogP) is 2.76. The molecule has 0 N–H and O–H groups in total. The molecule has 0 saturated heterocycles. The van der Waals surface area contributed by atoms with E-state index in [4.69, 9.17) is 21.1 Å². The van der Waals surface area contributed by atoms with Crippen LogP contribution in [0.3, 0.4) is 0 Å². The van der Waals surface area contributed by atoms with Crippen molar-refractivity contribution in [3.63, 3.8) is 0 Å². The number of halogens is 1. The average molecular weight is 336 g/mol. The number of hydrogen-bond donors (Lipinski definition) is 0. The zero-order valence-electron chi connectivity index (χ0n) is 12.3. The molecule has 0 bridgehead atoms. The number of esters is 2. The number of benzene rings is 1. The molecule has 0 amide bonds. The van der Waals surface area contributed by atoms with Crippen LogP contribution in [0.2, 0.25) is 5.15 Å². The Morgan fingerprint density at radius 3 is 2.30 bits per heavy atom. The van der Waals surface area contributed by atoms with E-state index >= 15 is 0 Å². The summed E-state index contributed by atoms with van der Waals surface area (Å²) in [6.45, 7) is 0.268. The molecule has 23 heavy (non-hydrogen) atoms. The van der Waals surface area contributed by atoms with Crippen molar-refractivity contribution in [1.29, 1.82) is 0 Å². The van der Waals surface area contributed by atoms with Gasteiger partial charge in [-0.05, 0) is 30.3 Å². The molecule has 1 heterocycles. The summed E-state index contributed by atoms with van der Waals surface area (Å²) in [6.07, 6.45) is 1.52. The van der Waals surface area contributed by atoms with Gasteiger partial charge in [0.1, 0.15) is 24.1 Å². The van der Waals surface area contributed by atoms with Crippen LogP contribution >= 0.6 is 11.6 Å². The van der Waals surface area contributed by atoms with Gasteiger partial charge >= 0.3 is 11.9 Å². The summed E-state index contributed by atoms with van der Waals surface area (Å²) in [5.74, 6) is -0.421. The van der Waals surface area contributed by atoms with Crippen LogP contribution in [-0.4, -0.2) is 37.2 Å². The lowest BCUT2D eigenvalue weighted by Gasteiger charge is -2.07. The third kappa shape index (κ3) is 4.96. The number of carbonyl (C=O) groups is 2. The van der Waals surface area contributed by atoms with Crippen LogP contribution in [0.1, 0.15) is 20.7 Å². The van der Waals surface area contributed by atoms with E-state index in [1.165, 1.54) is 37.6 Å². The molecule has 0 atom stereocenters. The number of methoxy groups -OCH3 is 1. The van der Waals surface area contributed by atoms with Gasteiger partial charge < -0.3 is 14.2 Å². The fraction of sp³-hybridized carbons (Fsp3) is 0.188. The van der Waals surface area contributed by atoms with Crippen molar-refractivity contribution in [1.82, 2.24) is 4.98 Å². The van der Waals surface area contributed by atoms with Crippen molar-refractivity contribution in [2.45, 2.75) is 0 Å². The van der Waals surface area contributed by atoms with Gasteiger partial charge in [0.2, 0.25) is 0 Å². The highest BCUT2D eigenvalue weighted by molar-refractivity contribution is 6.29. The van der Waals surface area contributed by atoms with Gasteiger partial charge in [-0.15, -0.1) is 0 Å². The van der Waals surface area contributed by atoms with E-state index in [0.717, 1.165) is 0 Å². The SMILES string of the molecule is COC(=O)c1ccc(C(=O)OCCOc2ccnc(Cl)c2)cc1. The second-order valence-electron chi connectivity index (χ2n) is 4.37. The topological polar surface area (TPSA) is 74.7 Å². The van der Waals surface area contributed by atoms with Crippen LogP contribution in [0.5, 0.6) is 5.75 Å². The molecule has 0 aliphatic rings. The van der Waals surface area contributed by atoms with E-state index in [2.05, 4.69) is 9.72 Å². The average Bonchev–Trinajstić information content (AvgIpc) is 2.58. The minimum Gasteiger partial charge on any atom is -0.490 e. The lowest BCUT2D eigenvalue weighted by atomic mass is 10.1. The summed E-state index contributed by atoms with van der Waals surface area (Å²) in [6, 6.07) is 9.21. The monoisotopic (exact) mass is 335 g/mol. The molecule has 0 unspecified atom stereocenters. The maximum Gasteiger partial charge on any atom is 0.338 e. The smallest absolute Gasteiger partial charge is 0.338 e. The maximum atomic E-state index is 11.8. The fourth-order valence-electron chi connectivity index (χ4n) is 1.71. The van der Waals surface area contributed by atoms with Crippen LogP contribution < -0.4 is 4.74 Å². The van der Waals surface area contributed by atoms with Crippen molar-refractivity contribution in [2.24, 2.45) is 0 Å². The molecule has 0 aliphatic carbocycles. The summed E-state index contributed by atoms with van der Waals surface area (Å²) in [4.78, 5) is 27.0. The van der Waals surface area contributed by atoms with E-state index in [0.29, 0.717) is 22.0 Å². The number of aromatic nitrogens is 1. The van der Waals surface area contributed by atoms with Crippen molar-refractivity contribution in [2.75, 3.05) is 20.3 Å². The molecule has 0 radical (unpaired) electrons. The first kappa shape index (κ1) is 16.8. The highest BCUT2D eigenvalue weighted by Gasteiger charge is 2.10. The molecule has 7 heteroatoms. The lowest BCUT2D eigenvalue weighted by Crippen LogP contribution is -2.12. The van der Waals surface area contributed by atoms with E-state index in [9.17, 15) is 9.59 Å². The van der Waals surface area contributed by atoms with Gasteiger partial charge in [-0.25, -0.2) is 14.6 Å². The number of hydrogen-bond acceptors (Lipinski definition) is 6. The fourth-order valence-corrected chi connectivity index (χ4v) is 1.88. The normalized spacial score (nSPS) is 10.0. The van der Waals surface area contributed by atoms with Gasteiger partial charge in [-0.3, -0.25) is 0 Å². The molecular formula is C16H14ClNO5. The predicted molar refractivity (Wildman–Crippen MR) is 82.8 cm³/mol. The molecular weight excluding hydrogens is 322 g/mol. The molecule has 0 aliphatic heterocycles. The molecule has 6 nitrogen and oxygen atoms in total. The number of carbonyl (C=O) groups excluding carboxylic acids is 2. The van der Waals surface area contributed by atoms with Crippen LogP contribution in [0.4, 0.5) is 0 Å². The molecule has 120 valence electrons. The van der Waals surface area contributed by atoms with Gasteiger partial charge in [0.05, 0.1) is 18.2 Å². The Kier molecular flexibility index (Phi) is 5.94. The lowest BCUT2D eigenvalue weighted by molar-refractivity contribution is 0.0449. The summed E-state index contributed by atoms with van der Waals surface area (Å²) in [5.41, 5.74) is 0.701. The number of nitrogens with zero attached hydrogens (tertiary/aromatic N) is 1. The Bertz CT molecular complexity index is 687. The molecule has 0 fully saturated rings. The standard InChI is InChI=1S/C16H14ClNO5/c1-21-15(19)11-2-4-12(5-3-11)16(20)23-9-8-22-13-6-7-18-14(17)10-13/h2-7,10H,8-9H2,1H3. The Labute approximate surface area is 137 Å². The Morgan fingerprint density at radius 1 is 1.04 bits per heavy atom. The van der Waals surface area contributed by atoms with Crippen molar-refractivity contribution >= 4 is 23.5 Å². The van der Waals surface area contributed by atoms with Gasteiger partial charge in [-0.2, -0.15) is 0 Å². The Morgan fingerprint density at radius 2 is 1.70 bits per heavy atom. The van der Waals surface area contributed by atoms with Crippen molar-refractivity contribution in [3.05, 3.63) is 58.9 Å². The Balaban J connectivity index is 1.79. The zero-order valence-corrected chi connectivity index (χ0v) is 13.1. The summed E-state index contributed by atoms with van der Waals surface area (Å²) >= 11 is 5.72. The molecule has 1 aromatic carbocycles. The van der Waals surface area contributed by atoms with Gasteiger partial charge in [0.15, 0.2) is 0 Å². The highest BCUT2D eigenvalue weighted by atomic mass is 35.5. The first-order valence-corrected chi connectivity index (χ1v) is 7.08. The largest absolute Gasteiger partial charge is 0.490 e. The Hall–Kier alpha value is -2.60. The minimum atomic E-state index is -0.502. The molecule has 2 rings (SSSR count). The van der Waals surface area contributed by atoms with Crippen LogP contribution in [-0.2, 0) is 9.47 Å². The summed E-state index contributed by atoms with van der Waals surface area (Å²) in [5, 5.41) is 0.324. The highest BCUT2D eigenvalue weighted by Crippen LogP contribution is 2.14. The van der Waals surface area contributed by atoms with E-state index in [1.54, 1.807) is 12.1 Å². The first-order valence-electron chi connectivity index (χ1n) is 6.70. The number of rotatable bonds is 6. The zero-order chi connectivity index (χ0) is 16.7. The van der Waals surface area contributed by atoms with Crippen LogP contribution in [0.25, 0.3) is 0 Å². The summed E-state index contributed by atoms with van der Waals surface area (Å²) < 4.78 is 15.0. The van der Waals surface area contributed by atoms with E-state index in [-0.39, 0.29) is 13.2 Å². The first-order chi connectivity index (χ1) is 11.1. The van der Waals surface area contributed by atoms with Crippen LogP contribution in [0, 0.1) is 0 Å². The second-order valence-corrected chi connectivity index (χ2v) is 4.75. The third-order valence-electron chi connectivity index (χ3n) is 2.82. The van der Waals surface area contributed by atoms with Crippen molar-refractivity contribution < 1.29 is 23.8 Å². The third-order valence-corrected chi connectivity index (χ3v) is 3.03. The van der Waals surface area contributed by atoms with E-state index < -0.39 is 11.9 Å². The minimum absolute atomic E-state index is 0.0809. The second kappa shape index (κ2) is 8.14. The molecule has 0 saturated carbocycles. The number of pyridine rings is 1. The van der Waals surface area contributed by atoms with Crippen molar-refractivity contribution in [3.8, 4) is 5.75 Å². The maximum absolute atomic E-state index is 11.8. The summed E-state index contributed by atoms with van der Waals surface area (Å²) in [7, 11) is 1.29. The molecule has 0 spiro atoms. The van der Waals surface area contributed by atoms with Gasteiger partial charge in [0, 0.05) is 12.3 Å². The quantitative estimate of drug-likeness (QED) is 0.459. The van der Waals surface area contributed by atoms with Gasteiger partial charge in [-0.1, -0.05) is 11.6 Å².